The van der Waals surface area contributed by atoms with E-state index in [9.17, 15) is 9.59 Å². The second-order valence-corrected chi connectivity index (χ2v) is 8.57. The normalized spacial score (nSPS) is 28.6. The van der Waals surface area contributed by atoms with Crippen molar-refractivity contribution in [3.63, 3.8) is 0 Å². The van der Waals surface area contributed by atoms with Crippen molar-refractivity contribution < 1.29 is 18.7 Å². The number of hydrogen-bond donors (Lipinski definition) is 2. The van der Waals surface area contributed by atoms with Gasteiger partial charge in [0.05, 0.1) is 37.3 Å². The van der Waals surface area contributed by atoms with Crippen LogP contribution in [-0.4, -0.2) is 46.5 Å². The minimum atomic E-state index is -0.701. The number of nitrogens with one attached hydrogen (secondary N) is 2. The van der Waals surface area contributed by atoms with E-state index in [1.54, 1.807) is 17.2 Å². The Morgan fingerprint density at radius 3 is 3.03 bits per heavy atom. The van der Waals surface area contributed by atoms with Crippen LogP contribution in [0.3, 0.4) is 0 Å². The monoisotopic (exact) mass is 417 g/mol. The Kier molecular flexibility index (Phi) is 4.08. The highest BCUT2D eigenvalue weighted by Gasteiger charge is 2.66. The number of carbonyl (C=O) groups excluding carboxylic acids is 2. The average molecular weight is 417 g/mol. The number of amides is 2. The summed E-state index contributed by atoms with van der Waals surface area (Å²) in [6.07, 6.45) is 7.87. The molecule has 2 fully saturated rings. The maximum atomic E-state index is 13.2. The molecule has 2 saturated heterocycles. The molecule has 1 spiro atoms. The van der Waals surface area contributed by atoms with Crippen molar-refractivity contribution in [1.82, 2.24) is 15.2 Å². The van der Waals surface area contributed by atoms with E-state index in [1.165, 1.54) is 5.39 Å². The Labute approximate surface area is 179 Å². The van der Waals surface area contributed by atoms with Gasteiger partial charge in [-0.1, -0.05) is 30.4 Å². The lowest BCUT2D eigenvalue weighted by atomic mass is 9.77. The van der Waals surface area contributed by atoms with Crippen LogP contribution in [0.25, 0.3) is 10.9 Å². The first-order valence-electron chi connectivity index (χ1n) is 10.7. The van der Waals surface area contributed by atoms with Gasteiger partial charge in [0.15, 0.2) is 0 Å². The summed E-state index contributed by atoms with van der Waals surface area (Å²) in [6, 6.07) is 11.8. The zero-order valence-corrected chi connectivity index (χ0v) is 16.9. The fourth-order valence-electron chi connectivity index (χ4n) is 5.38. The van der Waals surface area contributed by atoms with E-state index in [-0.39, 0.29) is 17.9 Å². The fraction of sp³-hybridized carbons (Fsp3) is 0.333. The Morgan fingerprint density at radius 1 is 1.26 bits per heavy atom. The molecule has 4 atom stereocenters. The number of ether oxygens (including phenoxy) is 1. The second kappa shape index (κ2) is 6.85. The van der Waals surface area contributed by atoms with Gasteiger partial charge >= 0.3 is 0 Å². The summed E-state index contributed by atoms with van der Waals surface area (Å²) in [5.41, 5.74) is 1.55. The Balaban J connectivity index is 1.15. The van der Waals surface area contributed by atoms with Gasteiger partial charge in [0.2, 0.25) is 11.8 Å². The van der Waals surface area contributed by atoms with Crippen LogP contribution in [0.2, 0.25) is 0 Å². The molecule has 0 unspecified atom stereocenters. The van der Waals surface area contributed by atoms with Crippen LogP contribution in [0.1, 0.15) is 11.3 Å². The number of rotatable bonds is 6. The first kappa shape index (κ1) is 18.4. The summed E-state index contributed by atoms with van der Waals surface area (Å²) < 4.78 is 11.6. The number of aromatic amines is 1. The van der Waals surface area contributed by atoms with Crippen LogP contribution >= 0.6 is 0 Å². The number of likely N-dealkylation sites (tertiary alicyclic amines) is 1. The molecule has 158 valence electrons. The van der Waals surface area contributed by atoms with Crippen LogP contribution in [0.4, 0.5) is 0 Å². The summed E-state index contributed by atoms with van der Waals surface area (Å²) in [6.45, 7) is 1.35. The van der Waals surface area contributed by atoms with Gasteiger partial charge in [-0.2, -0.15) is 0 Å². The van der Waals surface area contributed by atoms with E-state index in [4.69, 9.17) is 9.15 Å². The molecule has 2 N–H and O–H groups in total. The van der Waals surface area contributed by atoms with Gasteiger partial charge in [-0.25, -0.2) is 0 Å². The van der Waals surface area contributed by atoms with Crippen molar-refractivity contribution in [3.8, 4) is 0 Å². The fourth-order valence-corrected chi connectivity index (χ4v) is 5.38. The number of nitrogens with zero attached hydrogens (tertiary/aromatic N) is 1. The molecule has 2 amide bonds. The molecular weight excluding hydrogens is 394 g/mol. The Hall–Kier alpha value is -3.32. The molecule has 0 aliphatic carbocycles. The third-order valence-electron chi connectivity index (χ3n) is 6.78. The van der Waals surface area contributed by atoms with E-state index in [0.717, 1.165) is 23.3 Å². The highest BCUT2D eigenvalue weighted by molar-refractivity contribution is 5.93. The van der Waals surface area contributed by atoms with Crippen molar-refractivity contribution in [2.45, 2.75) is 24.7 Å². The summed E-state index contributed by atoms with van der Waals surface area (Å²) in [4.78, 5) is 31.3. The minimum absolute atomic E-state index is 0.0416. The topological polar surface area (TPSA) is 87.6 Å². The maximum absolute atomic E-state index is 13.2. The molecule has 5 heterocycles. The standard InChI is InChI=1S/C24H23N3O4/c28-22(25-10-8-15-12-26-18-6-2-1-5-17(15)18)20-19-7-9-24(31-19)14-27(23(29)21(20)24)13-16-4-3-11-30-16/h1-7,9,11-12,19-21,26H,8,10,13-14H2,(H,25,28)/t19-,20+,21+,24+/m1/s1. The van der Waals surface area contributed by atoms with E-state index in [1.807, 2.05) is 42.6 Å². The molecule has 0 radical (unpaired) electrons. The molecule has 2 aromatic heterocycles. The Morgan fingerprint density at radius 2 is 2.16 bits per heavy atom. The van der Waals surface area contributed by atoms with Gasteiger partial charge in [-0.15, -0.1) is 0 Å². The van der Waals surface area contributed by atoms with E-state index >= 15 is 0 Å². The van der Waals surface area contributed by atoms with Crippen LogP contribution in [0.5, 0.6) is 0 Å². The molecule has 3 aromatic rings. The second-order valence-electron chi connectivity index (χ2n) is 8.57. The first-order valence-corrected chi connectivity index (χ1v) is 10.7. The summed E-state index contributed by atoms with van der Waals surface area (Å²) in [7, 11) is 0. The molecule has 7 heteroatoms. The van der Waals surface area contributed by atoms with Gasteiger partial charge in [0, 0.05) is 23.6 Å². The Bertz CT molecular complexity index is 1180. The summed E-state index contributed by atoms with van der Waals surface area (Å²) in [5.74, 6) is -0.412. The third kappa shape index (κ3) is 2.84. The number of furan rings is 1. The van der Waals surface area contributed by atoms with Crippen LogP contribution in [0.15, 0.2) is 65.4 Å². The zero-order chi connectivity index (χ0) is 21.0. The highest BCUT2D eigenvalue weighted by atomic mass is 16.5. The van der Waals surface area contributed by atoms with E-state index in [0.29, 0.717) is 19.6 Å². The SMILES string of the molecule is O=C(NCCc1c[nH]c2ccccc12)[C@@H]1[C@H]2C(=O)N(Cc3ccco3)C[C@@]23C=C[C@H]1O3. The molecule has 3 aliphatic rings. The lowest BCUT2D eigenvalue weighted by molar-refractivity contribution is -0.138. The van der Waals surface area contributed by atoms with Gasteiger partial charge in [-0.3, -0.25) is 9.59 Å². The number of carbonyl (C=O) groups is 2. The van der Waals surface area contributed by atoms with Crippen LogP contribution in [-0.2, 0) is 27.3 Å². The maximum Gasteiger partial charge on any atom is 0.230 e. The smallest absolute Gasteiger partial charge is 0.230 e. The van der Waals surface area contributed by atoms with Crippen molar-refractivity contribution in [2.75, 3.05) is 13.1 Å². The number of benzene rings is 1. The average Bonchev–Trinajstić information content (AvgIpc) is 3.58. The number of H-pyrrole nitrogens is 1. The third-order valence-corrected chi connectivity index (χ3v) is 6.78. The first-order chi connectivity index (χ1) is 15.1. The minimum Gasteiger partial charge on any atom is -0.467 e. The number of para-hydroxylation sites is 1. The lowest BCUT2D eigenvalue weighted by Crippen LogP contribution is -2.44. The molecule has 1 aromatic carbocycles. The molecular formula is C24H23N3O4. The molecule has 6 rings (SSSR count). The highest BCUT2D eigenvalue weighted by Crippen LogP contribution is 2.52. The van der Waals surface area contributed by atoms with Crippen molar-refractivity contribution in [2.24, 2.45) is 11.8 Å². The number of aromatic nitrogens is 1. The van der Waals surface area contributed by atoms with Crippen LogP contribution in [0, 0.1) is 11.8 Å². The number of hydrogen-bond acceptors (Lipinski definition) is 4. The van der Waals surface area contributed by atoms with Crippen molar-refractivity contribution >= 4 is 22.7 Å². The molecule has 3 aliphatic heterocycles. The number of fused-ring (bicyclic) bond motifs is 2. The lowest BCUT2D eigenvalue weighted by Gasteiger charge is -2.23. The molecule has 31 heavy (non-hydrogen) atoms. The van der Waals surface area contributed by atoms with E-state index < -0.39 is 17.4 Å². The largest absolute Gasteiger partial charge is 0.467 e. The van der Waals surface area contributed by atoms with E-state index in [2.05, 4.69) is 16.4 Å². The van der Waals surface area contributed by atoms with Crippen molar-refractivity contribution in [3.05, 3.63) is 72.3 Å². The molecule has 7 nitrogen and oxygen atoms in total. The summed E-state index contributed by atoms with van der Waals surface area (Å²) in [5, 5.41) is 4.21. The van der Waals surface area contributed by atoms with Gasteiger partial charge in [0.25, 0.3) is 0 Å². The predicted molar refractivity (Wildman–Crippen MR) is 113 cm³/mol. The van der Waals surface area contributed by atoms with Gasteiger partial charge in [0.1, 0.15) is 11.4 Å². The predicted octanol–water partition coefficient (Wildman–Crippen LogP) is 2.40. The molecule has 0 saturated carbocycles. The quantitative estimate of drug-likeness (QED) is 0.603. The van der Waals surface area contributed by atoms with Gasteiger partial charge in [-0.05, 0) is 30.2 Å². The molecule has 2 bridgehead atoms. The van der Waals surface area contributed by atoms with Gasteiger partial charge < -0.3 is 24.4 Å². The summed E-state index contributed by atoms with van der Waals surface area (Å²) >= 11 is 0. The van der Waals surface area contributed by atoms with Crippen LogP contribution < -0.4 is 5.32 Å². The zero-order valence-electron chi connectivity index (χ0n) is 16.9. The van der Waals surface area contributed by atoms with Crippen molar-refractivity contribution in [1.29, 1.82) is 0 Å².